The van der Waals surface area contributed by atoms with Crippen LogP contribution < -0.4 is 5.32 Å². The minimum absolute atomic E-state index is 0.211. The summed E-state index contributed by atoms with van der Waals surface area (Å²) in [5.74, 6) is 0.358. The highest BCUT2D eigenvalue weighted by molar-refractivity contribution is 9.10. The van der Waals surface area contributed by atoms with Crippen LogP contribution in [0.4, 0.5) is 10.1 Å². The molecule has 0 aliphatic heterocycles. The molecule has 3 heteroatoms. The van der Waals surface area contributed by atoms with E-state index in [1.54, 1.807) is 6.07 Å². The molecular formula is C16H15BrFN. The van der Waals surface area contributed by atoms with Crippen molar-refractivity contribution in [2.45, 2.75) is 19.3 Å². The number of halogens is 2. The summed E-state index contributed by atoms with van der Waals surface area (Å²) in [5, 5.41) is 3.43. The quantitative estimate of drug-likeness (QED) is 0.868. The van der Waals surface area contributed by atoms with Crippen molar-refractivity contribution >= 4 is 21.6 Å². The summed E-state index contributed by atoms with van der Waals surface area (Å²) in [7, 11) is 0. The van der Waals surface area contributed by atoms with Gasteiger partial charge in [-0.05, 0) is 58.1 Å². The lowest BCUT2D eigenvalue weighted by molar-refractivity contribution is 0.618. The van der Waals surface area contributed by atoms with Gasteiger partial charge in [0.05, 0.1) is 4.47 Å². The number of anilines is 1. The molecule has 0 radical (unpaired) electrons. The summed E-state index contributed by atoms with van der Waals surface area (Å²) in [6.07, 6.45) is 1.13. The second-order valence-electron chi connectivity index (χ2n) is 5.06. The van der Waals surface area contributed by atoms with E-state index in [0.29, 0.717) is 10.4 Å². The number of fused-ring (bicyclic) bond motifs is 1. The number of benzene rings is 2. The number of hydrogen-bond donors (Lipinski definition) is 1. The van der Waals surface area contributed by atoms with Gasteiger partial charge in [0.15, 0.2) is 0 Å². The van der Waals surface area contributed by atoms with Crippen molar-refractivity contribution in [3.63, 3.8) is 0 Å². The first-order valence-corrected chi connectivity index (χ1v) is 7.22. The van der Waals surface area contributed by atoms with Crippen molar-refractivity contribution in [3.8, 4) is 0 Å². The van der Waals surface area contributed by atoms with Gasteiger partial charge >= 0.3 is 0 Å². The molecule has 1 atom stereocenters. The van der Waals surface area contributed by atoms with E-state index in [1.165, 1.54) is 11.1 Å². The Balaban J connectivity index is 1.70. The van der Waals surface area contributed by atoms with E-state index < -0.39 is 0 Å². The van der Waals surface area contributed by atoms with Gasteiger partial charge in [0.2, 0.25) is 0 Å². The first-order chi connectivity index (χ1) is 9.15. The predicted octanol–water partition coefficient (Wildman–Crippen LogP) is 4.65. The largest absolute Gasteiger partial charge is 0.384 e. The highest BCUT2D eigenvalue weighted by Crippen LogP contribution is 2.35. The molecule has 1 aliphatic rings. The van der Waals surface area contributed by atoms with Crippen LogP contribution >= 0.6 is 15.9 Å². The first kappa shape index (κ1) is 12.7. The van der Waals surface area contributed by atoms with Crippen LogP contribution in [-0.4, -0.2) is 6.54 Å². The maximum atomic E-state index is 13.4. The average Bonchev–Trinajstić information content (AvgIpc) is 2.36. The van der Waals surface area contributed by atoms with Crippen LogP contribution in [0.3, 0.4) is 0 Å². The van der Waals surface area contributed by atoms with Gasteiger partial charge in [-0.1, -0.05) is 24.3 Å². The number of nitrogens with one attached hydrogen (secondary N) is 1. The van der Waals surface area contributed by atoms with Gasteiger partial charge in [0, 0.05) is 18.2 Å². The third-order valence-electron chi connectivity index (χ3n) is 3.77. The van der Waals surface area contributed by atoms with Crippen LogP contribution in [0.5, 0.6) is 0 Å². The fraction of sp³-hybridized carbons (Fsp3) is 0.250. The second-order valence-corrected chi connectivity index (χ2v) is 5.92. The number of rotatable bonds is 3. The SMILES string of the molecule is Cc1cc(F)c(Br)cc1NCC1Cc2ccccc21. The lowest BCUT2D eigenvalue weighted by Crippen LogP contribution is -2.24. The van der Waals surface area contributed by atoms with E-state index in [0.717, 1.165) is 24.2 Å². The molecule has 2 aromatic carbocycles. The zero-order valence-electron chi connectivity index (χ0n) is 10.7. The van der Waals surface area contributed by atoms with E-state index in [9.17, 15) is 4.39 Å². The Morgan fingerprint density at radius 1 is 1.32 bits per heavy atom. The summed E-state index contributed by atoms with van der Waals surface area (Å²) in [6.45, 7) is 2.82. The molecule has 0 heterocycles. The molecule has 98 valence electrons. The van der Waals surface area contributed by atoms with Gasteiger partial charge < -0.3 is 5.32 Å². The Kier molecular flexibility index (Phi) is 3.31. The van der Waals surface area contributed by atoms with Gasteiger partial charge in [0.25, 0.3) is 0 Å². The van der Waals surface area contributed by atoms with Crippen LogP contribution in [0, 0.1) is 12.7 Å². The van der Waals surface area contributed by atoms with E-state index in [2.05, 4.69) is 45.5 Å². The Bertz CT molecular complexity index is 624. The standard InChI is InChI=1S/C16H15BrFN/c1-10-6-15(18)14(17)8-16(10)19-9-12-7-11-4-2-3-5-13(11)12/h2-6,8,12,19H,7,9H2,1H3. The molecule has 19 heavy (non-hydrogen) atoms. The third kappa shape index (κ3) is 2.39. The molecular weight excluding hydrogens is 305 g/mol. The molecule has 0 saturated carbocycles. The summed E-state index contributed by atoms with van der Waals surface area (Å²) in [6, 6.07) is 11.9. The maximum absolute atomic E-state index is 13.4. The van der Waals surface area contributed by atoms with E-state index in [4.69, 9.17) is 0 Å². The predicted molar refractivity (Wildman–Crippen MR) is 80.2 cm³/mol. The zero-order chi connectivity index (χ0) is 13.4. The molecule has 1 nitrogen and oxygen atoms in total. The van der Waals surface area contributed by atoms with Crippen LogP contribution in [-0.2, 0) is 6.42 Å². The Hall–Kier alpha value is -1.35. The number of aryl methyl sites for hydroxylation is 1. The van der Waals surface area contributed by atoms with Gasteiger partial charge in [0.1, 0.15) is 5.82 Å². The molecule has 0 saturated heterocycles. The van der Waals surface area contributed by atoms with Crippen molar-refractivity contribution < 1.29 is 4.39 Å². The molecule has 0 amide bonds. The van der Waals surface area contributed by atoms with Crippen LogP contribution in [0.2, 0.25) is 0 Å². The lowest BCUT2D eigenvalue weighted by Gasteiger charge is -2.30. The summed E-state index contributed by atoms with van der Waals surface area (Å²) in [4.78, 5) is 0. The first-order valence-electron chi connectivity index (χ1n) is 6.42. The third-order valence-corrected chi connectivity index (χ3v) is 4.38. The summed E-state index contributed by atoms with van der Waals surface area (Å²) >= 11 is 3.23. The van der Waals surface area contributed by atoms with E-state index >= 15 is 0 Å². The maximum Gasteiger partial charge on any atom is 0.137 e. The normalized spacial score (nSPS) is 16.7. The molecule has 3 rings (SSSR count). The van der Waals surface area contributed by atoms with Gasteiger partial charge in [-0.3, -0.25) is 0 Å². The van der Waals surface area contributed by atoms with Crippen molar-refractivity contribution in [2.24, 2.45) is 0 Å². The molecule has 0 spiro atoms. The van der Waals surface area contributed by atoms with Crippen molar-refractivity contribution in [1.82, 2.24) is 0 Å². The van der Waals surface area contributed by atoms with Crippen LogP contribution in [0.25, 0.3) is 0 Å². The lowest BCUT2D eigenvalue weighted by atomic mass is 9.77. The van der Waals surface area contributed by atoms with Gasteiger partial charge in [-0.2, -0.15) is 0 Å². The summed E-state index contributed by atoms with van der Waals surface area (Å²) in [5.41, 5.74) is 4.83. The highest BCUT2D eigenvalue weighted by atomic mass is 79.9. The van der Waals surface area contributed by atoms with E-state index in [1.807, 2.05) is 13.0 Å². The Labute approximate surface area is 121 Å². The van der Waals surface area contributed by atoms with Gasteiger partial charge in [-0.15, -0.1) is 0 Å². The Morgan fingerprint density at radius 2 is 2.11 bits per heavy atom. The van der Waals surface area contributed by atoms with Crippen molar-refractivity contribution in [1.29, 1.82) is 0 Å². The minimum Gasteiger partial charge on any atom is -0.384 e. The van der Waals surface area contributed by atoms with E-state index in [-0.39, 0.29) is 5.82 Å². The minimum atomic E-state index is -0.211. The topological polar surface area (TPSA) is 12.0 Å². The molecule has 0 bridgehead atoms. The Morgan fingerprint density at radius 3 is 2.89 bits per heavy atom. The molecule has 0 aromatic heterocycles. The van der Waals surface area contributed by atoms with Crippen molar-refractivity contribution in [2.75, 3.05) is 11.9 Å². The zero-order valence-corrected chi connectivity index (χ0v) is 12.3. The monoisotopic (exact) mass is 319 g/mol. The second kappa shape index (κ2) is 4.97. The molecule has 1 N–H and O–H groups in total. The summed E-state index contributed by atoms with van der Waals surface area (Å²) < 4.78 is 13.9. The molecule has 0 fully saturated rings. The van der Waals surface area contributed by atoms with Crippen LogP contribution in [0.1, 0.15) is 22.6 Å². The smallest absolute Gasteiger partial charge is 0.137 e. The average molecular weight is 320 g/mol. The molecule has 1 aliphatic carbocycles. The molecule has 2 aromatic rings. The van der Waals surface area contributed by atoms with Crippen LogP contribution in [0.15, 0.2) is 40.9 Å². The number of hydrogen-bond acceptors (Lipinski definition) is 1. The fourth-order valence-corrected chi connectivity index (χ4v) is 2.96. The molecule has 1 unspecified atom stereocenters. The van der Waals surface area contributed by atoms with Crippen molar-refractivity contribution in [3.05, 3.63) is 63.4 Å². The highest BCUT2D eigenvalue weighted by Gasteiger charge is 2.24. The fourth-order valence-electron chi connectivity index (χ4n) is 2.61. The van der Waals surface area contributed by atoms with Gasteiger partial charge in [-0.25, -0.2) is 4.39 Å².